The first kappa shape index (κ1) is 13.4. The second-order valence-electron chi connectivity index (χ2n) is 6.42. The third kappa shape index (κ3) is 2.85. The van der Waals surface area contributed by atoms with Crippen molar-refractivity contribution in [1.29, 1.82) is 0 Å². The van der Waals surface area contributed by atoms with Gasteiger partial charge in [-0.2, -0.15) is 0 Å². The molecular weight excluding hydrogens is 224 g/mol. The summed E-state index contributed by atoms with van der Waals surface area (Å²) < 4.78 is 5.82. The summed E-state index contributed by atoms with van der Waals surface area (Å²) in [7, 11) is 2.13. The minimum Gasteiger partial charge on any atom is -0.492 e. The molecule has 0 bridgehead atoms. The van der Waals surface area contributed by atoms with Crippen LogP contribution in [0.5, 0.6) is 5.75 Å². The van der Waals surface area contributed by atoms with Crippen LogP contribution in [0.4, 0.5) is 0 Å². The predicted octanol–water partition coefficient (Wildman–Crippen LogP) is 2.43. The van der Waals surface area contributed by atoms with Crippen LogP contribution in [-0.4, -0.2) is 31.1 Å². The quantitative estimate of drug-likeness (QED) is 0.873. The van der Waals surface area contributed by atoms with Gasteiger partial charge in [0.15, 0.2) is 0 Å². The van der Waals surface area contributed by atoms with Crippen LogP contribution in [-0.2, 0) is 0 Å². The minimum atomic E-state index is 0.0299. The number of fused-ring (bicyclic) bond motifs is 1. The molecule has 100 valence electrons. The van der Waals surface area contributed by atoms with Gasteiger partial charge >= 0.3 is 0 Å². The highest BCUT2D eigenvalue weighted by Gasteiger charge is 2.32. The third-order valence-corrected chi connectivity index (χ3v) is 3.39. The Hall–Kier alpha value is -1.06. The van der Waals surface area contributed by atoms with E-state index in [4.69, 9.17) is 10.5 Å². The van der Waals surface area contributed by atoms with Gasteiger partial charge in [-0.15, -0.1) is 0 Å². The Kier molecular flexibility index (Phi) is 3.64. The summed E-state index contributed by atoms with van der Waals surface area (Å²) in [5, 5.41) is 0. The molecule has 0 amide bonds. The first-order valence-corrected chi connectivity index (χ1v) is 6.56. The molecule has 2 atom stereocenters. The van der Waals surface area contributed by atoms with E-state index in [2.05, 4.69) is 38.8 Å². The van der Waals surface area contributed by atoms with Gasteiger partial charge in [-0.3, -0.25) is 4.90 Å². The second-order valence-corrected chi connectivity index (χ2v) is 6.42. The van der Waals surface area contributed by atoms with Crippen molar-refractivity contribution in [3.05, 3.63) is 29.8 Å². The molecule has 1 heterocycles. The Morgan fingerprint density at radius 1 is 1.33 bits per heavy atom. The van der Waals surface area contributed by atoms with Crippen molar-refractivity contribution in [2.75, 3.05) is 20.2 Å². The zero-order valence-corrected chi connectivity index (χ0v) is 11.8. The van der Waals surface area contributed by atoms with Gasteiger partial charge in [0.2, 0.25) is 0 Å². The summed E-state index contributed by atoms with van der Waals surface area (Å²) in [4.78, 5) is 2.32. The Morgan fingerprint density at radius 3 is 2.67 bits per heavy atom. The topological polar surface area (TPSA) is 38.5 Å². The Labute approximate surface area is 110 Å². The molecule has 1 aromatic rings. The van der Waals surface area contributed by atoms with E-state index in [0.717, 1.165) is 17.9 Å². The molecule has 1 aliphatic heterocycles. The normalized spacial score (nSPS) is 23.7. The average molecular weight is 248 g/mol. The summed E-state index contributed by atoms with van der Waals surface area (Å²) in [6.45, 7) is 8.41. The lowest BCUT2D eigenvalue weighted by Crippen LogP contribution is -2.49. The fourth-order valence-corrected chi connectivity index (χ4v) is 2.64. The Balaban J connectivity index is 2.14. The van der Waals surface area contributed by atoms with Gasteiger partial charge in [-0.25, -0.2) is 0 Å². The van der Waals surface area contributed by atoms with Crippen molar-refractivity contribution in [3.8, 4) is 5.75 Å². The first-order valence-electron chi connectivity index (χ1n) is 6.56. The van der Waals surface area contributed by atoms with Crippen molar-refractivity contribution in [2.24, 2.45) is 11.1 Å². The highest BCUT2D eigenvalue weighted by atomic mass is 16.5. The van der Waals surface area contributed by atoms with Crippen LogP contribution in [0.25, 0.3) is 0 Å². The van der Waals surface area contributed by atoms with E-state index >= 15 is 0 Å². The molecule has 0 spiro atoms. The van der Waals surface area contributed by atoms with E-state index in [1.54, 1.807) is 0 Å². The molecule has 0 saturated heterocycles. The smallest absolute Gasteiger partial charge is 0.124 e. The lowest BCUT2D eigenvalue weighted by Gasteiger charge is -2.39. The number of ether oxygens (including phenoxy) is 1. The summed E-state index contributed by atoms with van der Waals surface area (Å²) in [5.74, 6) is 0.936. The van der Waals surface area contributed by atoms with Crippen LogP contribution >= 0.6 is 0 Å². The van der Waals surface area contributed by atoms with Gasteiger partial charge in [-0.05, 0) is 18.5 Å². The number of nitrogens with zero attached hydrogens (tertiary/aromatic N) is 1. The van der Waals surface area contributed by atoms with E-state index in [9.17, 15) is 0 Å². The molecular formula is C15H24N2O. The first-order chi connectivity index (χ1) is 8.38. The third-order valence-electron chi connectivity index (χ3n) is 3.39. The monoisotopic (exact) mass is 248 g/mol. The van der Waals surface area contributed by atoms with Crippen LogP contribution in [0.15, 0.2) is 24.3 Å². The number of para-hydroxylation sites is 1. The molecule has 0 radical (unpaired) electrons. The maximum Gasteiger partial charge on any atom is 0.124 e. The lowest BCUT2D eigenvalue weighted by atomic mass is 9.92. The zero-order chi connectivity index (χ0) is 13.3. The fourth-order valence-electron chi connectivity index (χ4n) is 2.64. The van der Waals surface area contributed by atoms with Gasteiger partial charge in [0.05, 0.1) is 12.1 Å². The summed E-state index contributed by atoms with van der Waals surface area (Å²) in [6.07, 6.45) is 0. The van der Waals surface area contributed by atoms with Crippen LogP contribution in [0.1, 0.15) is 32.4 Å². The molecule has 0 aromatic heterocycles. The SMILES string of the molecule is CN(CC(C)(C)C)C1COc2ccccc2C1N. The van der Waals surface area contributed by atoms with E-state index < -0.39 is 0 Å². The number of nitrogens with two attached hydrogens (primary N) is 1. The van der Waals surface area contributed by atoms with Gasteiger partial charge < -0.3 is 10.5 Å². The van der Waals surface area contributed by atoms with Crippen LogP contribution in [0, 0.1) is 5.41 Å². The molecule has 3 nitrogen and oxygen atoms in total. The molecule has 2 rings (SSSR count). The molecule has 1 aliphatic rings. The molecule has 2 N–H and O–H groups in total. The fraction of sp³-hybridized carbons (Fsp3) is 0.600. The second kappa shape index (κ2) is 4.90. The molecule has 2 unspecified atom stereocenters. The highest BCUT2D eigenvalue weighted by Crippen LogP contribution is 2.32. The van der Waals surface area contributed by atoms with Crippen LogP contribution in [0.2, 0.25) is 0 Å². The van der Waals surface area contributed by atoms with Crippen LogP contribution in [0.3, 0.4) is 0 Å². The van der Waals surface area contributed by atoms with Crippen molar-refractivity contribution >= 4 is 0 Å². The highest BCUT2D eigenvalue weighted by molar-refractivity contribution is 5.38. The Morgan fingerprint density at radius 2 is 2.00 bits per heavy atom. The van der Waals surface area contributed by atoms with Gasteiger partial charge in [0, 0.05) is 12.1 Å². The Bertz CT molecular complexity index is 411. The minimum absolute atomic E-state index is 0.0299. The molecule has 3 heteroatoms. The molecule has 1 aromatic carbocycles. The van der Waals surface area contributed by atoms with E-state index in [1.807, 2.05) is 18.2 Å². The maximum atomic E-state index is 6.39. The number of likely N-dealkylation sites (N-methyl/N-ethyl adjacent to an activating group) is 1. The van der Waals surface area contributed by atoms with Crippen molar-refractivity contribution in [1.82, 2.24) is 4.90 Å². The number of benzene rings is 1. The summed E-state index contributed by atoms with van der Waals surface area (Å²) >= 11 is 0. The van der Waals surface area contributed by atoms with Crippen molar-refractivity contribution in [3.63, 3.8) is 0 Å². The lowest BCUT2D eigenvalue weighted by molar-refractivity contribution is 0.0919. The number of hydrogen-bond donors (Lipinski definition) is 1. The molecule has 18 heavy (non-hydrogen) atoms. The van der Waals surface area contributed by atoms with Crippen molar-refractivity contribution < 1.29 is 4.74 Å². The summed E-state index contributed by atoms with van der Waals surface area (Å²) in [5.41, 5.74) is 7.78. The van der Waals surface area contributed by atoms with E-state index in [1.165, 1.54) is 0 Å². The largest absolute Gasteiger partial charge is 0.492 e. The van der Waals surface area contributed by atoms with Gasteiger partial charge in [-0.1, -0.05) is 39.0 Å². The van der Waals surface area contributed by atoms with Crippen LogP contribution < -0.4 is 10.5 Å². The summed E-state index contributed by atoms with van der Waals surface area (Å²) in [6, 6.07) is 8.35. The number of rotatable bonds is 2. The average Bonchev–Trinajstić information content (AvgIpc) is 2.27. The molecule has 0 fully saturated rings. The standard InChI is InChI=1S/C15H24N2O/c1-15(2,3)10-17(4)12-9-18-13-8-6-5-7-11(13)14(12)16/h5-8,12,14H,9-10,16H2,1-4H3. The van der Waals surface area contributed by atoms with Gasteiger partial charge in [0.1, 0.15) is 12.4 Å². The van der Waals surface area contributed by atoms with Crippen molar-refractivity contribution in [2.45, 2.75) is 32.9 Å². The predicted molar refractivity (Wildman–Crippen MR) is 74.7 cm³/mol. The molecule has 0 saturated carbocycles. The maximum absolute atomic E-state index is 6.39. The number of hydrogen-bond acceptors (Lipinski definition) is 3. The van der Waals surface area contributed by atoms with E-state index in [0.29, 0.717) is 6.61 Å². The van der Waals surface area contributed by atoms with E-state index in [-0.39, 0.29) is 17.5 Å². The zero-order valence-electron chi connectivity index (χ0n) is 11.8. The van der Waals surface area contributed by atoms with Gasteiger partial charge in [0.25, 0.3) is 0 Å². The molecule has 0 aliphatic carbocycles.